The Morgan fingerprint density at radius 1 is 1.05 bits per heavy atom. The predicted molar refractivity (Wildman–Crippen MR) is 79.0 cm³/mol. The van der Waals surface area contributed by atoms with E-state index in [4.69, 9.17) is 9.47 Å². The summed E-state index contributed by atoms with van der Waals surface area (Å²) in [7, 11) is 0. The van der Waals surface area contributed by atoms with Crippen LogP contribution in [-0.2, 0) is 32.3 Å². The van der Waals surface area contributed by atoms with Crippen LogP contribution in [0.25, 0.3) is 10.1 Å². The second kappa shape index (κ2) is 6.49. The van der Waals surface area contributed by atoms with Crippen LogP contribution in [0.1, 0.15) is 24.3 Å². The molecule has 0 aliphatic rings. The van der Waals surface area contributed by atoms with Crippen LogP contribution in [0.5, 0.6) is 0 Å². The van der Waals surface area contributed by atoms with Gasteiger partial charge in [-0.05, 0) is 12.1 Å². The van der Waals surface area contributed by atoms with Crippen LogP contribution in [0.4, 0.5) is 0 Å². The lowest BCUT2D eigenvalue weighted by Gasteiger charge is -2.10. The van der Waals surface area contributed by atoms with Crippen molar-refractivity contribution in [2.45, 2.75) is 27.1 Å². The van der Waals surface area contributed by atoms with Gasteiger partial charge in [-0.25, -0.2) is 0 Å². The molecule has 0 N–H and O–H groups in total. The van der Waals surface area contributed by atoms with Gasteiger partial charge >= 0.3 is 11.9 Å². The summed E-state index contributed by atoms with van der Waals surface area (Å²) in [5, 5.41) is 0.566. The van der Waals surface area contributed by atoms with Crippen molar-refractivity contribution in [3.05, 3.63) is 44.9 Å². The molecule has 0 unspecified atom stereocenters. The molecule has 0 radical (unpaired) electrons. The van der Waals surface area contributed by atoms with Gasteiger partial charge in [-0.2, -0.15) is 0 Å². The lowest BCUT2D eigenvalue weighted by atomic mass is 10.1. The van der Waals surface area contributed by atoms with E-state index in [-0.39, 0.29) is 18.6 Å². The SMILES string of the molecule is CC(=O)OCc1sc2ccccc2c(=O)c1COC(C)=O. The summed E-state index contributed by atoms with van der Waals surface area (Å²) >= 11 is 1.35. The van der Waals surface area contributed by atoms with Gasteiger partial charge in [0, 0.05) is 23.9 Å². The van der Waals surface area contributed by atoms with Gasteiger partial charge in [0.05, 0.1) is 10.4 Å². The Hall–Kier alpha value is -2.21. The van der Waals surface area contributed by atoms with E-state index >= 15 is 0 Å². The Bertz CT molecular complexity index is 747. The van der Waals surface area contributed by atoms with Gasteiger partial charge in [0.1, 0.15) is 13.2 Å². The van der Waals surface area contributed by atoms with Gasteiger partial charge in [-0.3, -0.25) is 14.4 Å². The van der Waals surface area contributed by atoms with Crippen molar-refractivity contribution >= 4 is 33.4 Å². The van der Waals surface area contributed by atoms with Crippen LogP contribution in [0, 0.1) is 0 Å². The predicted octanol–water partition coefficient (Wildman–Crippen LogP) is 2.39. The highest BCUT2D eigenvalue weighted by molar-refractivity contribution is 7.18. The number of carbonyl (C=O) groups is 2. The molecule has 2 aromatic rings. The molecular formula is C15H14O5S. The van der Waals surface area contributed by atoms with Gasteiger partial charge in [-0.1, -0.05) is 12.1 Å². The first-order valence-corrected chi connectivity index (χ1v) is 7.11. The molecule has 6 heteroatoms. The Morgan fingerprint density at radius 2 is 1.67 bits per heavy atom. The fourth-order valence-corrected chi connectivity index (χ4v) is 2.91. The fraction of sp³-hybridized carbons (Fsp3) is 0.267. The average molecular weight is 306 g/mol. The number of hydrogen-bond donors (Lipinski definition) is 0. The number of esters is 2. The molecule has 0 saturated heterocycles. The van der Waals surface area contributed by atoms with Gasteiger partial charge in [0.15, 0.2) is 5.43 Å². The normalized spacial score (nSPS) is 10.4. The van der Waals surface area contributed by atoms with E-state index in [2.05, 4.69) is 0 Å². The first kappa shape index (κ1) is 15.2. The molecular weight excluding hydrogens is 292 g/mol. The monoisotopic (exact) mass is 306 g/mol. The molecule has 0 fully saturated rings. The van der Waals surface area contributed by atoms with Crippen molar-refractivity contribution in [1.29, 1.82) is 0 Å². The number of rotatable bonds is 4. The van der Waals surface area contributed by atoms with E-state index in [0.29, 0.717) is 15.8 Å². The quantitative estimate of drug-likeness (QED) is 0.811. The molecule has 21 heavy (non-hydrogen) atoms. The van der Waals surface area contributed by atoms with Gasteiger partial charge in [0.25, 0.3) is 0 Å². The molecule has 0 atom stereocenters. The molecule has 0 saturated carbocycles. The summed E-state index contributed by atoms with van der Waals surface area (Å²) in [5.74, 6) is -0.896. The van der Waals surface area contributed by atoms with E-state index < -0.39 is 11.9 Å². The van der Waals surface area contributed by atoms with Crippen molar-refractivity contribution in [3.63, 3.8) is 0 Å². The summed E-state index contributed by atoms with van der Waals surface area (Å²) in [5.41, 5.74) is 0.155. The molecule has 1 heterocycles. The summed E-state index contributed by atoms with van der Waals surface area (Å²) in [4.78, 5) is 35.0. The summed E-state index contributed by atoms with van der Waals surface area (Å²) in [6.45, 7) is 2.46. The van der Waals surface area contributed by atoms with Gasteiger partial charge in [-0.15, -0.1) is 11.3 Å². The minimum Gasteiger partial charge on any atom is -0.461 e. The standard InChI is InChI=1S/C15H14O5S/c1-9(16)19-7-12-14(8-20-10(2)17)21-13-6-4-3-5-11(13)15(12)18/h3-6H,7-8H2,1-2H3. The molecule has 0 bridgehead atoms. The van der Waals surface area contributed by atoms with Crippen molar-refractivity contribution in [2.24, 2.45) is 0 Å². The van der Waals surface area contributed by atoms with E-state index in [1.54, 1.807) is 12.1 Å². The fourth-order valence-electron chi connectivity index (χ4n) is 1.83. The van der Waals surface area contributed by atoms with Crippen LogP contribution in [-0.4, -0.2) is 11.9 Å². The average Bonchev–Trinajstić information content (AvgIpc) is 2.44. The maximum Gasteiger partial charge on any atom is 0.302 e. The summed E-state index contributed by atoms with van der Waals surface area (Å²) in [6, 6.07) is 7.16. The number of benzene rings is 1. The first-order chi connectivity index (χ1) is 9.99. The summed E-state index contributed by atoms with van der Waals surface area (Å²) < 4.78 is 10.7. The highest BCUT2D eigenvalue weighted by atomic mass is 32.1. The molecule has 1 aromatic heterocycles. The van der Waals surface area contributed by atoms with E-state index in [9.17, 15) is 14.4 Å². The number of carbonyl (C=O) groups excluding carboxylic acids is 2. The maximum absolute atomic E-state index is 12.5. The smallest absolute Gasteiger partial charge is 0.302 e. The molecule has 0 aliphatic heterocycles. The van der Waals surface area contributed by atoms with Crippen molar-refractivity contribution in [3.8, 4) is 0 Å². The lowest BCUT2D eigenvalue weighted by molar-refractivity contribution is -0.143. The van der Waals surface area contributed by atoms with Gasteiger partial charge < -0.3 is 9.47 Å². The molecule has 5 nitrogen and oxygen atoms in total. The van der Waals surface area contributed by atoms with E-state index in [1.165, 1.54) is 25.2 Å². The molecule has 0 amide bonds. The molecule has 2 rings (SSSR count). The van der Waals surface area contributed by atoms with Crippen molar-refractivity contribution in [2.75, 3.05) is 0 Å². The van der Waals surface area contributed by atoms with Crippen LogP contribution in [0.2, 0.25) is 0 Å². The van der Waals surface area contributed by atoms with Crippen molar-refractivity contribution < 1.29 is 19.1 Å². The zero-order chi connectivity index (χ0) is 15.4. The molecule has 110 valence electrons. The third-order valence-corrected chi connectivity index (χ3v) is 3.99. The van der Waals surface area contributed by atoms with E-state index in [1.807, 2.05) is 12.1 Å². The second-order valence-electron chi connectivity index (χ2n) is 4.39. The lowest BCUT2D eigenvalue weighted by Crippen LogP contribution is -2.15. The van der Waals surface area contributed by atoms with Crippen LogP contribution < -0.4 is 5.43 Å². The summed E-state index contributed by atoms with van der Waals surface area (Å²) in [6.07, 6.45) is 0. The number of fused-ring (bicyclic) bond motifs is 1. The Balaban J connectivity index is 2.50. The maximum atomic E-state index is 12.5. The third-order valence-electron chi connectivity index (χ3n) is 2.80. The number of hydrogen-bond acceptors (Lipinski definition) is 6. The molecule has 0 spiro atoms. The Labute approximate surface area is 125 Å². The molecule has 0 aliphatic carbocycles. The minimum absolute atomic E-state index is 0.00330. The topological polar surface area (TPSA) is 69.7 Å². The Morgan fingerprint density at radius 3 is 2.33 bits per heavy atom. The number of ether oxygens (including phenoxy) is 2. The third kappa shape index (κ3) is 3.66. The van der Waals surface area contributed by atoms with E-state index in [0.717, 1.165) is 4.70 Å². The highest BCUT2D eigenvalue weighted by Crippen LogP contribution is 2.23. The van der Waals surface area contributed by atoms with Crippen molar-refractivity contribution in [1.82, 2.24) is 0 Å². The van der Waals surface area contributed by atoms with Gasteiger partial charge in [0.2, 0.25) is 0 Å². The molecule has 1 aromatic carbocycles. The zero-order valence-corrected chi connectivity index (χ0v) is 12.5. The van der Waals surface area contributed by atoms with Crippen LogP contribution in [0.3, 0.4) is 0 Å². The second-order valence-corrected chi connectivity index (χ2v) is 5.53. The largest absolute Gasteiger partial charge is 0.461 e. The van der Waals surface area contributed by atoms with Crippen LogP contribution >= 0.6 is 11.3 Å². The Kier molecular flexibility index (Phi) is 4.70. The highest BCUT2D eigenvalue weighted by Gasteiger charge is 2.14. The van der Waals surface area contributed by atoms with Crippen LogP contribution in [0.15, 0.2) is 29.1 Å². The first-order valence-electron chi connectivity index (χ1n) is 6.29. The zero-order valence-electron chi connectivity index (χ0n) is 11.7. The minimum atomic E-state index is -0.467.